The summed E-state index contributed by atoms with van der Waals surface area (Å²) in [5, 5.41) is 0. The molecule has 74 valence electrons. The van der Waals surface area contributed by atoms with E-state index in [4.69, 9.17) is 0 Å². The van der Waals surface area contributed by atoms with Gasteiger partial charge in [0.25, 0.3) is 0 Å². The molecule has 0 bridgehead atoms. The molecule has 0 unspecified atom stereocenters. The molecule has 2 heteroatoms. The summed E-state index contributed by atoms with van der Waals surface area (Å²) in [7, 11) is 0. The summed E-state index contributed by atoms with van der Waals surface area (Å²) >= 11 is 0. The van der Waals surface area contributed by atoms with Crippen LogP contribution in [0, 0.1) is 0 Å². The maximum Gasteiger partial charge on any atom is 0.0788 e. The average molecular weight is 236 g/mol. The monoisotopic (exact) mass is 235 g/mol. The number of halogens is 1. The van der Waals surface area contributed by atoms with Crippen LogP contribution in [0.3, 0.4) is 0 Å². The first-order valence-corrected chi connectivity index (χ1v) is 5.18. The summed E-state index contributed by atoms with van der Waals surface area (Å²) in [5.74, 6) is 0. The Bertz CT molecular complexity index is 100. The van der Waals surface area contributed by atoms with Crippen molar-refractivity contribution in [2.75, 3.05) is 26.2 Å². The zero-order chi connectivity index (χ0) is 8.16. The Morgan fingerprint density at radius 2 is 1.33 bits per heavy atom. The molecule has 0 aliphatic carbocycles. The van der Waals surface area contributed by atoms with E-state index in [9.17, 15) is 0 Å². The van der Waals surface area contributed by atoms with Gasteiger partial charge in [-0.15, -0.1) is 0 Å². The summed E-state index contributed by atoms with van der Waals surface area (Å²) < 4.78 is 1.44. The fraction of sp³-hybridized carbons (Fsp3) is 1.00. The summed E-state index contributed by atoms with van der Waals surface area (Å²) in [6.45, 7) is 10.4. The molecule has 0 amide bonds. The molecule has 1 fully saturated rings. The first kappa shape index (κ1) is 12.4. The van der Waals surface area contributed by atoms with Crippen LogP contribution in [0.1, 0.15) is 39.5 Å². The van der Waals surface area contributed by atoms with E-state index in [1.165, 1.54) is 56.3 Å². The number of rotatable bonds is 4. The largest absolute Gasteiger partial charge is 1.00 e. The van der Waals surface area contributed by atoms with Gasteiger partial charge in [-0.1, -0.05) is 13.8 Å². The van der Waals surface area contributed by atoms with Crippen LogP contribution in [0.15, 0.2) is 0 Å². The highest BCUT2D eigenvalue weighted by Crippen LogP contribution is 2.20. The molecule has 1 rings (SSSR count). The van der Waals surface area contributed by atoms with Gasteiger partial charge in [0.2, 0.25) is 0 Å². The number of hydrogen-bond donors (Lipinski definition) is 0. The molecule has 0 saturated carbocycles. The molecule has 0 aromatic rings. The summed E-state index contributed by atoms with van der Waals surface area (Å²) in [6.07, 6.45) is 5.67. The lowest BCUT2D eigenvalue weighted by Gasteiger charge is -2.33. The van der Waals surface area contributed by atoms with E-state index >= 15 is 0 Å². The topological polar surface area (TPSA) is 0 Å². The van der Waals surface area contributed by atoms with Crippen LogP contribution < -0.4 is 17.0 Å². The second-order valence-corrected chi connectivity index (χ2v) is 3.94. The Morgan fingerprint density at radius 1 is 0.917 bits per heavy atom. The SMILES string of the molecule is CCC[N+]1(CCC)CCCC1.[Br-]. The molecule has 1 nitrogen and oxygen atoms in total. The fourth-order valence-electron chi connectivity index (χ4n) is 2.51. The number of hydrogen-bond acceptors (Lipinski definition) is 0. The Balaban J connectivity index is 0.00000121. The van der Waals surface area contributed by atoms with Crippen molar-refractivity contribution in [1.82, 2.24) is 0 Å². The zero-order valence-electron chi connectivity index (χ0n) is 8.48. The van der Waals surface area contributed by atoms with Gasteiger partial charge in [0.1, 0.15) is 0 Å². The van der Waals surface area contributed by atoms with Crippen molar-refractivity contribution in [3.63, 3.8) is 0 Å². The van der Waals surface area contributed by atoms with E-state index in [1.807, 2.05) is 0 Å². The Kier molecular flexibility index (Phi) is 6.20. The van der Waals surface area contributed by atoms with Gasteiger partial charge >= 0.3 is 0 Å². The lowest BCUT2D eigenvalue weighted by Crippen LogP contribution is -3.00. The predicted molar refractivity (Wildman–Crippen MR) is 49.5 cm³/mol. The van der Waals surface area contributed by atoms with Gasteiger partial charge in [-0.3, -0.25) is 0 Å². The molecule has 0 aromatic carbocycles. The third kappa shape index (κ3) is 3.06. The first-order chi connectivity index (χ1) is 5.33. The fourth-order valence-corrected chi connectivity index (χ4v) is 2.51. The standard InChI is InChI=1S/C10H22N.BrH/c1-3-7-11(8-4-2)9-5-6-10-11;/h3-10H2,1-2H3;1H/q+1;/p-1. The van der Waals surface area contributed by atoms with Gasteiger partial charge in [-0.25, -0.2) is 0 Å². The lowest BCUT2D eigenvalue weighted by atomic mass is 10.3. The molecule has 0 aromatic heterocycles. The van der Waals surface area contributed by atoms with Crippen molar-refractivity contribution < 1.29 is 21.5 Å². The van der Waals surface area contributed by atoms with Crippen LogP contribution in [-0.4, -0.2) is 30.7 Å². The van der Waals surface area contributed by atoms with Gasteiger partial charge < -0.3 is 21.5 Å². The number of nitrogens with zero attached hydrogens (tertiary/aromatic N) is 1. The third-order valence-corrected chi connectivity index (χ3v) is 2.91. The van der Waals surface area contributed by atoms with Gasteiger partial charge in [0.15, 0.2) is 0 Å². The highest BCUT2D eigenvalue weighted by Gasteiger charge is 2.29. The van der Waals surface area contributed by atoms with Crippen LogP contribution in [0.5, 0.6) is 0 Å². The van der Waals surface area contributed by atoms with E-state index in [1.54, 1.807) is 0 Å². The maximum absolute atomic E-state index is 2.31. The van der Waals surface area contributed by atoms with Crippen molar-refractivity contribution in [2.24, 2.45) is 0 Å². The predicted octanol–water partition coefficient (Wildman–Crippen LogP) is -0.579. The Hall–Kier alpha value is 0.440. The molecule has 0 spiro atoms. The second-order valence-electron chi connectivity index (χ2n) is 3.94. The normalized spacial score (nSPS) is 20.5. The molecule has 1 aliphatic heterocycles. The van der Waals surface area contributed by atoms with Crippen LogP contribution in [0.25, 0.3) is 0 Å². The first-order valence-electron chi connectivity index (χ1n) is 5.18. The molecular formula is C10H22BrN. The molecule has 0 radical (unpaired) electrons. The molecule has 0 N–H and O–H groups in total. The average Bonchev–Trinajstić information content (AvgIpc) is 2.39. The molecule has 1 heterocycles. The van der Waals surface area contributed by atoms with E-state index in [0.29, 0.717) is 0 Å². The maximum atomic E-state index is 2.31. The smallest absolute Gasteiger partial charge is 0.0788 e. The molecule has 1 saturated heterocycles. The van der Waals surface area contributed by atoms with Crippen LogP contribution in [0.2, 0.25) is 0 Å². The lowest BCUT2D eigenvalue weighted by molar-refractivity contribution is -0.916. The van der Waals surface area contributed by atoms with Crippen LogP contribution in [0.4, 0.5) is 0 Å². The number of quaternary nitrogens is 1. The summed E-state index contributed by atoms with van der Waals surface area (Å²) in [6, 6.07) is 0. The highest BCUT2D eigenvalue weighted by atomic mass is 79.9. The summed E-state index contributed by atoms with van der Waals surface area (Å²) in [4.78, 5) is 0. The van der Waals surface area contributed by atoms with Crippen molar-refractivity contribution in [3.8, 4) is 0 Å². The number of likely N-dealkylation sites (tertiary alicyclic amines) is 1. The van der Waals surface area contributed by atoms with Crippen molar-refractivity contribution in [1.29, 1.82) is 0 Å². The molecule has 0 atom stereocenters. The van der Waals surface area contributed by atoms with Gasteiger partial charge in [-0.2, -0.15) is 0 Å². The second kappa shape index (κ2) is 5.98. The van der Waals surface area contributed by atoms with E-state index in [0.717, 1.165) is 0 Å². The zero-order valence-corrected chi connectivity index (χ0v) is 10.1. The quantitative estimate of drug-likeness (QED) is 0.573. The van der Waals surface area contributed by atoms with Crippen LogP contribution >= 0.6 is 0 Å². The van der Waals surface area contributed by atoms with Gasteiger partial charge in [-0.05, 0) is 12.8 Å². The molecule has 1 aliphatic rings. The van der Waals surface area contributed by atoms with E-state index in [-0.39, 0.29) is 17.0 Å². The molecular weight excluding hydrogens is 214 g/mol. The van der Waals surface area contributed by atoms with Crippen molar-refractivity contribution in [3.05, 3.63) is 0 Å². The Labute approximate surface area is 87.5 Å². The van der Waals surface area contributed by atoms with Crippen molar-refractivity contribution >= 4 is 0 Å². The minimum absolute atomic E-state index is 0. The van der Waals surface area contributed by atoms with Gasteiger partial charge in [0, 0.05) is 12.8 Å². The van der Waals surface area contributed by atoms with E-state index in [2.05, 4.69) is 13.8 Å². The highest BCUT2D eigenvalue weighted by molar-refractivity contribution is 4.54. The van der Waals surface area contributed by atoms with E-state index < -0.39 is 0 Å². The third-order valence-electron chi connectivity index (χ3n) is 2.91. The van der Waals surface area contributed by atoms with Gasteiger partial charge in [0.05, 0.1) is 26.2 Å². The minimum Gasteiger partial charge on any atom is -1.00 e. The molecule has 12 heavy (non-hydrogen) atoms. The summed E-state index contributed by atoms with van der Waals surface area (Å²) in [5.41, 5.74) is 0. The minimum atomic E-state index is 0. The van der Waals surface area contributed by atoms with Crippen molar-refractivity contribution in [2.45, 2.75) is 39.5 Å². The Morgan fingerprint density at radius 3 is 1.67 bits per heavy atom. The van der Waals surface area contributed by atoms with Crippen LogP contribution in [-0.2, 0) is 0 Å².